The minimum atomic E-state index is -0.344. The molecule has 3 nitrogen and oxygen atoms in total. The molecule has 6 heteroatoms. The van der Waals surface area contributed by atoms with Gasteiger partial charge in [0.15, 0.2) is 0 Å². The number of aromatic nitrogens is 1. The summed E-state index contributed by atoms with van der Waals surface area (Å²) in [7, 11) is 0. The van der Waals surface area contributed by atoms with E-state index in [0.717, 1.165) is 15.8 Å². The van der Waals surface area contributed by atoms with Gasteiger partial charge in [-0.2, -0.15) is 0 Å². The van der Waals surface area contributed by atoms with Crippen LogP contribution in [0.2, 0.25) is 5.15 Å². The van der Waals surface area contributed by atoms with Crippen LogP contribution in [-0.2, 0) is 11.3 Å². The number of ether oxygens (including phenoxy) is 1. The second kappa shape index (κ2) is 6.69. The molecule has 0 saturated carbocycles. The van der Waals surface area contributed by atoms with Crippen LogP contribution in [0, 0.1) is 0 Å². The van der Waals surface area contributed by atoms with Crippen LogP contribution in [0.15, 0.2) is 46.7 Å². The second-order valence-electron chi connectivity index (χ2n) is 4.55. The zero-order valence-electron chi connectivity index (χ0n) is 11.7. The van der Waals surface area contributed by atoms with Gasteiger partial charge in [0.1, 0.15) is 16.6 Å². The standard InChI is InChI=1S/C16H12ClNO2S2/c1-21-12-5-4-10-7-11(15(17)18-13(10)8-12)9-20-16(19)14-3-2-6-22-14/h2-8H,9H2,1H3. The van der Waals surface area contributed by atoms with E-state index in [1.807, 2.05) is 42.0 Å². The van der Waals surface area contributed by atoms with Gasteiger partial charge in [0.05, 0.1) is 5.52 Å². The highest BCUT2D eigenvalue weighted by atomic mass is 35.5. The Kier molecular flexibility index (Phi) is 4.66. The molecule has 112 valence electrons. The first-order chi connectivity index (χ1) is 10.7. The molecule has 0 N–H and O–H groups in total. The number of esters is 1. The number of thiophene rings is 1. The summed E-state index contributed by atoms with van der Waals surface area (Å²) in [6.07, 6.45) is 2.02. The lowest BCUT2D eigenvalue weighted by Crippen LogP contribution is -2.04. The number of rotatable bonds is 4. The van der Waals surface area contributed by atoms with Crippen molar-refractivity contribution in [2.75, 3.05) is 6.26 Å². The third-order valence-corrected chi connectivity index (χ3v) is 5.03. The van der Waals surface area contributed by atoms with Gasteiger partial charge in [0.2, 0.25) is 0 Å². The monoisotopic (exact) mass is 349 g/mol. The smallest absolute Gasteiger partial charge is 0.348 e. The summed E-state index contributed by atoms with van der Waals surface area (Å²) in [5.74, 6) is -0.344. The van der Waals surface area contributed by atoms with E-state index < -0.39 is 0 Å². The molecular weight excluding hydrogens is 338 g/mol. The SMILES string of the molecule is CSc1ccc2cc(COC(=O)c3cccs3)c(Cl)nc2c1. The molecule has 0 fully saturated rings. The Bertz CT molecular complexity index is 818. The highest BCUT2D eigenvalue weighted by Crippen LogP contribution is 2.25. The van der Waals surface area contributed by atoms with Crippen molar-refractivity contribution < 1.29 is 9.53 Å². The van der Waals surface area contributed by atoms with Crippen molar-refractivity contribution in [3.05, 3.63) is 57.4 Å². The van der Waals surface area contributed by atoms with Crippen molar-refractivity contribution in [3.8, 4) is 0 Å². The Morgan fingerprint density at radius 2 is 2.23 bits per heavy atom. The van der Waals surface area contributed by atoms with Crippen molar-refractivity contribution in [2.45, 2.75) is 11.5 Å². The lowest BCUT2D eigenvalue weighted by Gasteiger charge is -2.08. The van der Waals surface area contributed by atoms with Crippen LogP contribution in [-0.4, -0.2) is 17.2 Å². The summed E-state index contributed by atoms with van der Waals surface area (Å²) < 4.78 is 5.29. The maximum atomic E-state index is 11.9. The van der Waals surface area contributed by atoms with E-state index in [1.165, 1.54) is 11.3 Å². The first-order valence-electron chi connectivity index (χ1n) is 6.51. The molecular formula is C16H12ClNO2S2. The number of pyridine rings is 1. The molecule has 0 aliphatic carbocycles. The fraction of sp³-hybridized carbons (Fsp3) is 0.125. The molecule has 3 aromatic rings. The predicted octanol–water partition coefficient (Wildman–Crippen LogP) is 5.03. The molecule has 0 spiro atoms. The van der Waals surface area contributed by atoms with Gasteiger partial charge in [-0.3, -0.25) is 0 Å². The number of thioether (sulfide) groups is 1. The molecule has 22 heavy (non-hydrogen) atoms. The molecule has 0 atom stereocenters. The Morgan fingerprint density at radius 1 is 1.36 bits per heavy atom. The van der Waals surface area contributed by atoms with Gasteiger partial charge in [-0.05, 0) is 35.9 Å². The summed E-state index contributed by atoms with van der Waals surface area (Å²) in [5.41, 5.74) is 1.54. The minimum Gasteiger partial charge on any atom is -0.457 e. The summed E-state index contributed by atoms with van der Waals surface area (Å²) in [4.78, 5) is 18.0. The van der Waals surface area contributed by atoms with Gasteiger partial charge in [0, 0.05) is 15.8 Å². The van der Waals surface area contributed by atoms with Crippen molar-refractivity contribution in [2.24, 2.45) is 0 Å². The number of halogens is 1. The number of carbonyl (C=O) groups is 1. The van der Waals surface area contributed by atoms with Crippen LogP contribution < -0.4 is 0 Å². The quantitative estimate of drug-likeness (QED) is 0.376. The average Bonchev–Trinajstić information content (AvgIpc) is 3.06. The van der Waals surface area contributed by atoms with Gasteiger partial charge in [-0.15, -0.1) is 23.1 Å². The van der Waals surface area contributed by atoms with Crippen molar-refractivity contribution in [1.29, 1.82) is 0 Å². The van der Waals surface area contributed by atoms with Crippen LogP contribution in [0.1, 0.15) is 15.2 Å². The lowest BCUT2D eigenvalue weighted by atomic mass is 10.2. The average molecular weight is 350 g/mol. The fourth-order valence-corrected chi connectivity index (χ4v) is 3.25. The Labute approximate surface area is 141 Å². The maximum absolute atomic E-state index is 11.9. The van der Waals surface area contributed by atoms with Crippen molar-refractivity contribution >= 4 is 51.6 Å². The van der Waals surface area contributed by atoms with Crippen LogP contribution in [0.3, 0.4) is 0 Å². The molecule has 0 saturated heterocycles. The second-order valence-corrected chi connectivity index (χ2v) is 6.74. The fourth-order valence-electron chi connectivity index (χ4n) is 2.00. The van der Waals surface area contributed by atoms with E-state index in [-0.39, 0.29) is 12.6 Å². The summed E-state index contributed by atoms with van der Waals surface area (Å²) in [5, 5.41) is 3.18. The van der Waals surface area contributed by atoms with Crippen LogP contribution in [0.25, 0.3) is 10.9 Å². The summed E-state index contributed by atoms with van der Waals surface area (Å²) in [6, 6.07) is 11.5. The molecule has 2 aromatic heterocycles. The topological polar surface area (TPSA) is 39.2 Å². The zero-order chi connectivity index (χ0) is 15.5. The number of hydrogen-bond acceptors (Lipinski definition) is 5. The maximum Gasteiger partial charge on any atom is 0.348 e. The van der Waals surface area contributed by atoms with Gasteiger partial charge in [-0.1, -0.05) is 23.7 Å². The van der Waals surface area contributed by atoms with E-state index in [9.17, 15) is 4.79 Å². The summed E-state index contributed by atoms with van der Waals surface area (Å²) in [6.45, 7) is 0.114. The van der Waals surface area contributed by atoms with Gasteiger partial charge in [-0.25, -0.2) is 9.78 Å². The Hall–Kier alpha value is -1.56. The van der Waals surface area contributed by atoms with Crippen LogP contribution in [0.4, 0.5) is 0 Å². The highest BCUT2D eigenvalue weighted by Gasteiger charge is 2.11. The lowest BCUT2D eigenvalue weighted by molar-refractivity contribution is 0.0478. The highest BCUT2D eigenvalue weighted by molar-refractivity contribution is 7.98. The predicted molar refractivity (Wildman–Crippen MR) is 92.0 cm³/mol. The molecule has 3 rings (SSSR count). The minimum absolute atomic E-state index is 0.114. The molecule has 0 radical (unpaired) electrons. The van der Waals surface area contributed by atoms with Gasteiger partial charge < -0.3 is 4.74 Å². The first kappa shape index (κ1) is 15.3. The van der Waals surface area contributed by atoms with E-state index in [1.54, 1.807) is 17.8 Å². The number of nitrogens with zero attached hydrogens (tertiary/aromatic N) is 1. The Balaban J connectivity index is 1.82. The number of hydrogen-bond donors (Lipinski definition) is 0. The largest absolute Gasteiger partial charge is 0.457 e. The first-order valence-corrected chi connectivity index (χ1v) is 8.99. The van der Waals surface area contributed by atoms with Gasteiger partial charge >= 0.3 is 5.97 Å². The van der Waals surface area contributed by atoms with Crippen LogP contribution in [0.5, 0.6) is 0 Å². The Morgan fingerprint density at radius 3 is 2.95 bits per heavy atom. The number of benzene rings is 1. The van der Waals surface area contributed by atoms with E-state index in [4.69, 9.17) is 16.3 Å². The molecule has 1 aromatic carbocycles. The van der Waals surface area contributed by atoms with Crippen molar-refractivity contribution in [3.63, 3.8) is 0 Å². The van der Waals surface area contributed by atoms with Crippen LogP contribution >= 0.6 is 34.7 Å². The number of carbonyl (C=O) groups excluding carboxylic acids is 1. The molecule has 0 aliphatic heterocycles. The molecule has 0 aliphatic rings. The molecule has 0 bridgehead atoms. The zero-order valence-corrected chi connectivity index (χ0v) is 14.1. The third kappa shape index (κ3) is 3.27. The summed E-state index contributed by atoms with van der Waals surface area (Å²) >= 11 is 9.21. The third-order valence-electron chi connectivity index (χ3n) is 3.13. The molecule has 0 unspecified atom stereocenters. The normalized spacial score (nSPS) is 10.8. The van der Waals surface area contributed by atoms with E-state index in [0.29, 0.717) is 15.6 Å². The van der Waals surface area contributed by atoms with E-state index >= 15 is 0 Å². The van der Waals surface area contributed by atoms with Gasteiger partial charge in [0.25, 0.3) is 0 Å². The van der Waals surface area contributed by atoms with E-state index in [2.05, 4.69) is 4.98 Å². The number of fused-ring (bicyclic) bond motifs is 1. The molecule has 0 amide bonds. The van der Waals surface area contributed by atoms with Crippen molar-refractivity contribution in [1.82, 2.24) is 4.98 Å². The molecule has 2 heterocycles.